The van der Waals surface area contributed by atoms with E-state index in [-0.39, 0.29) is 12.5 Å². The van der Waals surface area contributed by atoms with Crippen molar-refractivity contribution in [3.8, 4) is 0 Å². The fourth-order valence-electron chi connectivity index (χ4n) is 1.71. The number of hydrogen-bond acceptors (Lipinski definition) is 2. The summed E-state index contributed by atoms with van der Waals surface area (Å²) < 4.78 is 1.00. The van der Waals surface area contributed by atoms with Gasteiger partial charge < -0.3 is 10.6 Å². The maximum absolute atomic E-state index is 11.9. The van der Waals surface area contributed by atoms with Crippen LogP contribution in [0, 0.1) is 6.92 Å². The number of amides is 1. The van der Waals surface area contributed by atoms with E-state index in [1.807, 2.05) is 37.3 Å². The van der Waals surface area contributed by atoms with Crippen LogP contribution in [0.25, 0.3) is 0 Å². The van der Waals surface area contributed by atoms with Gasteiger partial charge in [0.15, 0.2) is 0 Å². The van der Waals surface area contributed by atoms with E-state index in [1.54, 1.807) is 12.1 Å². The summed E-state index contributed by atoms with van der Waals surface area (Å²) in [6.45, 7) is 2.12. The van der Waals surface area contributed by atoms with Gasteiger partial charge in [0.25, 0.3) is 0 Å². The summed E-state index contributed by atoms with van der Waals surface area (Å²) in [4.78, 5) is 11.9. The third-order valence-corrected chi connectivity index (χ3v) is 3.52. The van der Waals surface area contributed by atoms with Crippen LogP contribution in [0.4, 0.5) is 11.4 Å². The minimum Gasteiger partial charge on any atom is -0.376 e. The fourth-order valence-corrected chi connectivity index (χ4v) is 2.20. The van der Waals surface area contributed by atoms with Crippen LogP contribution in [0.3, 0.4) is 0 Å². The second kappa shape index (κ2) is 6.77. The molecule has 5 heteroatoms. The first-order valence-electron chi connectivity index (χ1n) is 6.10. The number of carbonyl (C=O) groups is 1. The van der Waals surface area contributed by atoms with E-state index < -0.39 is 0 Å². The average Bonchev–Trinajstić information content (AvgIpc) is 2.41. The van der Waals surface area contributed by atoms with Gasteiger partial charge in [0.05, 0.1) is 6.54 Å². The largest absolute Gasteiger partial charge is 0.376 e. The number of anilines is 2. The monoisotopic (exact) mass is 352 g/mol. The van der Waals surface area contributed by atoms with E-state index in [0.717, 1.165) is 21.4 Å². The Bertz CT molecular complexity index is 614. The average molecular weight is 354 g/mol. The molecule has 0 atom stereocenters. The predicted molar refractivity (Wildman–Crippen MR) is 87.5 cm³/mol. The Morgan fingerprint density at radius 2 is 1.90 bits per heavy atom. The van der Waals surface area contributed by atoms with E-state index in [0.29, 0.717) is 5.02 Å². The molecule has 20 heavy (non-hydrogen) atoms. The van der Waals surface area contributed by atoms with Crippen molar-refractivity contribution in [3.63, 3.8) is 0 Å². The molecule has 0 spiro atoms. The maximum atomic E-state index is 11.9. The zero-order chi connectivity index (χ0) is 14.5. The maximum Gasteiger partial charge on any atom is 0.243 e. The van der Waals surface area contributed by atoms with E-state index in [4.69, 9.17) is 11.6 Å². The zero-order valence-corrected chi connectivity index (χ0v) is 13.3. The van der Waals surface area contributed by atoms with Gasteiger partial charge in [0.2, 0.25) is 5.91 Å². The highest BCUT2D eigenvalue weighted by Crippen LogP contribution is 2.19. The number of halogens is 2. The van der Waals surface area contributed by atoms with Gasteiger partial charge in [-0.15, -0.1) is 0 Å². The minimum absolute atomic E-state index is 0.0988. The SMILES string of the molecule is Cc1cc(Cl)ccc1NC(=O)CNc1ccc(Br)cc1. The van der Waals surface area contributed by atoms with Crippen LogP contribution in [0.15, 0.2) is 46.9 Å². The molecule has 0 unspecified atom stereocenters. The van der Waals surface area contributed by atoms with Crippen molar-refractivity contribution in [1.82, 2.24) is 0 Å². The molecule has 2 aromatic carbocycles. The normalized spacial score (nSPS) is 10.2. The van der Waals surface area contributed by atoms with E-state index in [1.165, 1.54) is 0 Å². The van der Waals surface area contributed by atoms with Crippen molar-refractivity contribution in [3.05, 3.63) is 57.5 Å². The van der Waals surface area contributed by atoms with Crippen LogP contribution >= 0.6 is 27.5 Å². The second-order valence-electron chi connectivity index (χ2n) is 4.37. The van der Waals surface area contributed by atoms with Gasteiger partial charge in [-0.25, -0.2) is 0 Å². The highest BCUT2D eigenvalue weighted by Gasteiger charge is 2.05. The zero-order valence-electron chi connectivity index (χ0n) is 10.9. The van der Waals surface area contributed by atoms with Crippen LogP contribution < -0.4 is 10.6 Å². The molecule has 104 valence electrons. The van der Waals surface area contributed by atoms with Gasteiger partial charge in [-0.3, -0.25) is 4.79 Å². The molecular weight excluding hydrogens is 340 g/mol. The van der Waals surface area contributed by atoms with Crippen molar-refractivity contribution in [1.29, 1.82) is 0 Å². The topological polar surface area (TPSA) is 41.1 Å². The molecule has 0 aromatic heterocycles. The third-order valence-electron chi connectivity index (χ3n) is 2.76. The molecule has 0 bridgehead atoms. The van der Waals surface area contributed by atoms with Gasteiger partial charge in [-0.2, -0.15) is 0 Å². The Kier molecular flexibility index (Phi) is 5.04. The van der Waals surface area contributed by atoms with Crippen molar-refractivity contribution < 1.29 is 4.79 Å². The molecule has 2 aromatic rings. The van der Waals surface area contributed by atoms with E-state index in [9.17, 15) is 4.79 Å². The molecule has 0 aliphatic rings. The van der Waals surface area contributed by atoms with Crippen molar-refractivity contribution in [2.45, 2.75) is 6.92 Å². The van der Waals surface area contributed by atoms with E-state index in [2.05, 4.69) is 26.6 Å². The smallest absolute Gasteiger partial charge is 0.243 e. The summed E-state index contributed by atoms with van der Waals surface area (Å²) in [6.07, 6.45) is 0. The molecular formula is C15H14BrClN2O. The first-order chi connectivity index (χ1) is 9.54. The van der Waals surface area contributed by atoms with Gasteiger partial charge >= 0.3 is 0 Å². The van der Waals surface area contributed by atoms with Gasteiger partial charge in [-0.1, -0.05) is 27.5 Å². The lowest BCUT2D eigenvalue weighted by Gasteiger charge is -2.10. The van der Waals surface area contributed by atoms with Crippen LogP contribution in [0.2, 0.25) is 5.02 Å². The van der Waals surface area contributed by atoms with Gasteiger partial charge in [0.1, 0.15) is 0 Å². The summed E-state index contributed by atoms with van der Waals surface area (Å²) in [7, 11) is 0. The van der Waals surface area contributed by atoms with Crippen LogP contribution in [-0.2, 0) is 4.79 Å². The first kappa shape index (κ1) is 14.9. The molecule has 0 saturated heterocycles. The Balaban J connectivity index is 1.90. The summed E-state index contributed by atoms with van der Waals surface area (Å²) in [6, 6.07) is 13.0. The van der Waals surface area contributed by atoms with Crippen LogP contribution in [0.5, 0.6) is 0 Å². The van der Waals surface area contributed by atoms with E-state index >= 15 is 0 Å². The Morgan fingerprint density at radius 1 is 1.20 bits per heavy atom. The fraction of sp³-hybridized carbons (Fsp3) is 0.133. The van der Waals surface area contributed by atoms with Crippen molar-refractivity contribution in [2.75, 3.05) is 17.2 Å². The lowest BCUT2D eigenvalue weighted by molar-refractivity contribution is -0.114. The molecule has 0 aliphatic carbocycles. The number of nitrogens with one attached hydrogen (secondary N) is 2. The van der Waals surface area contributed by atoms with Crippen molar-refractivity contribution in [2.24, 2.45) is 0 Å². The Hall–Kier alpha value is -1.52. The molecule has 1 amide bonds. The first-order valence-corrected chi connectivity index (χ1v) is 7.27. The number of aryl methyl sites for hydroxylation is 1. The number of rotatable bonds is 4. The molecule has 0 radical (unpaired) electrons. The number of benzene rings is 2. The minimum atomic E-state index is -0.0988. The third kappa shape index (κ3) is 4.25. The van der Waals surface area contributed by atoms with Crippen LogP contribution in [0.1, 0.15) is 5.56 Å². The quantitative estimate of drug-likeness (QED) is 0.852. The second-order valence-corrected chi connectivity index (χ2v) is 5.72. The highest BCUT2D eigenvalue weighted by atomic mass is 79.9. The molecule has 0 aliphatic heterocycles. The molecule has 0 heterocycles. The molecule has 3 nitrogen and oxygen atoms in total. The highest BCUT2D eigenvalue weighted by molar-refractivity contribution is 9.10. The summed E-state index contributed by atoms with van der Waals surface area (Å²) in [5.74, 6) is -0.0988. The standard InChI is InChI=1S/C15H14BrClN2O/c1-10-8-12(17)4-7-14(10)19-15(20)9-18-13-5-2-11(16)3-6-13/h2-8,18H,9H2,1H3,(H,19,20). The molecule has 2 N–H and O–H groups in total. The van der Waals surface area contributed by atoms with Crippen molar-refractivity contribution >= 4 is 44.8 Å². The molecule has 0 fully saturated rings. The molecule has 2 rings (SSSR count). The number of carbonyl (C=O) groups excluding carboxylic acids is 1. The van der Waals surface area contributed by atoms with Gasteiger partial charge in [0, 0.05) is 20.9 Å². The lowest BCUT2D eigenvalue weighted by atomic mass is 10.2. The lowest BCUT2D eigenvalue weighted by Crippen LogP contribution is -2.22. The number of hydrogen-bond donors (Lipinski definition) is 2. The van der Waals surface area contributed by atoms with Crippen LogP contribution in [-0.4, -0.2) is 12.5 Å². The molecule has 0 saturated carbocycles. The Labute approximate surface area is 131 Å². The summed E-state index contributed by atoms with van der Waals surface area (Å²) in [5.41, 5.74) is 2.61. The predicted octanol–water partition coefficient (Wildman–Crippen LogP) is 4.46. The Morgan fingerprint density at radius 3 is 2.55 bits per heavy atom. The van der Waals surface area contributed by atoms with Gasteiger partial charge in [-0.05, 0) is 55.0 Å². The summed E-state index contributed by atoms with van der Waals surface area (Å²) >= 11 is 9.24. The summed E-state index contributed by atoms with van der Waals surface area (Å²) in [5, 5.41) is 6.57.